The van der Waals surface area contributed by atoms with Crippen molar-refractivity contribution < 1.29 is 28.6 Å². The SMILES string of the molecule is Cc1ccc(N2CCn3nc(COc4ccccc4)cc3C2=O)cn1.Cc1cncc(N2CCn3nc(COc4ccccc4)cc3C2=O)c1.Cc1cncc(N2CCn3nc(COc4ccccc4)cc3C2=O)c1. The molecule has 18 heteroatoms. The maximum absolute atomic E-state index is 12.8. The second-order valence-electron chi connectivity index (χ2n) is 18.0. The van der Waals surface area contributed by atoms with Crippen LogP contribution < -0.4 is 28.9 Å². The van der Waals surface area contributed by atoms with Gasteiger partial charge in [-0.2, -0.15) is 15.3 Å². The first kappa shape index (κ1) is 49.1. The highest BCUT2D eigenvalue weighted by Gasteiger charge is 2.30. The number of fused-ring (bicyclic) bond motifs is 3. The Labute approximate surface area is 433 Å². The van der Waals surface area contributed by atoms with Gasteiger partial charge in [-0.25, -0.2) is 0 Å². The molecular formula is C57H54N12O6. The summed E-state index contributed by atoms with van der Waals surface area (Å²) in [7, 11) is 0. The quantitative estimate of drug-likeness (QED) is 0.114. The number of pyridine rings is 3. The second-order valence-corrected chi connectivity index (χ2v) is 18.0. The van der Waals surface area contributed by atoms with Crippen LogP contribution in [0.15, 0.2) is 164 Å². The van der Waals surface area contributed by atoms with E-state index in [-0.39, 0.29) is 17.7 Å². The van der Waals surface area contributed by atoms with Crippen molar-refractivity contribution in [2.24, 2.45) is 0 Å². The van der Waals surface area contributed by atoms with Gasteiger partial charge in [0.05, 0.1) is 55.3 Å². The van der Waals surface area contributed by atoms with E-state index in [1.807, 2.05) is 136 Å². The Morgan fingerprint density at radius 3 is 1.09 bits per heavy atom. The second kappa shape index (κ2) is 22.5. The van der Waals surface area contributed by atoms with E-state index >= 15 is 0 Å². The number of aryl methyl sites for hydroxylation is 3. The first-order valence-corrected chi connectivity index (χ1v) is 24.6. The van der Waals surface area contributed by atoms with Crippen LogP contribution in [0, 0.1) is 20.8 Å². The van der Waals surface area contributed by atoms with E-state index in [4.69, 9.17) is 14.2 Å². The van der Waals surface area contributed by atoms with Crippen molar-refractivity contribution >= 4 is 34.8 Å². The standard InChI is InChI=1S/3C19H18N4O2/c2*1-14-9-16(12-20-11-14)22-7-8-23-18(19(22)24)10-15(21-23)13-25-17-5-3-2-4-6-17;1-14-7-8-16(12-20-14)22-9-10-23-18(19(22)24)11-15(21-23)13-25-17-5-3-2-4-6-17/h2*2-6,9-12H,7-8,13H2,1H3;2-8,11-12H,9-10,13H2,1H3. The van der Waals surface area contributed by atoms with Gasteiger partial charge in [0.25, 0.3) is 17.7 Å². The number of rotatable bonds is 12. The Balaban J connectivity index is 0.000000128. The molecule has 0 unspecified atom stereocenters. The summed E-state index contributed by atoms with van der Waals surface area (Å²) in [6, 6.07) is 41.9. The number of benzene rings is 3. The summed E-state index contributed by atoms with van der Waals surface area (Å²) >= 11 is 0. The fourth-order valence-electron chi connectivity index (χ4n) is 8.71. The third-order valence-electron chi connectivity index (χ3n) is 12.4. The monoisotopic (exact) mass is 1000 g/mol. The molecule has 75 heavy (non-hydrogen) atoms. The summed E-state index contributed by atoms with van der Waals surface area (Å²) in [5.41, 5.74) is 9.42. The van der Waals surface area contributed by atoms with E-state index in [0.29, 0.717) is 76.2 Å². The molecule has 0 N–H and O–H groups in total. The summed E-state index contributed by atoms with van der Waals surface area (Å²) < 4.78 is 22.4. The number of para-hydroxylation sites is 3. The molecule has 0 atom stereocenters. The predicted octanol–water partition coefficient (Wildman–Crippen LogP) is 8.48. The minimum atomic E-state index is -0.0598. The van der Waals surface area contributed by atoms with E-state index in [2.05, 4.69) is 30.2 Å². The molecule has 378 valence electrons. The van der Waals surface area contributed by atoms with Crippen LogP contribution in [0.25, 0.3) is 0 Å². The molecule has 0 bridgehead atoms. The lowest BCUT2D eigenvalue weighted by Gasteiger charge is -2.27. The molecule has 3 aliphatic heterocycles. The molecule has 0 aliphatic carbocycles. The number of amides is 3. The third kappa shape index (κ3) is 11.8. The van der Waals surface area contributed by atoms with E-state index in [1.165, 1.54) is 0 Å². The van der Waals surface area contributed by atoms with Gasteiger partial charge >= 0.3 is 0 Å². The molecule has 9 aromatic rings. The first-order chi connectivity index (χ1) is 36.6. The van der Waals surface area contributed by atoms with Crippen molar-refractivity contribution in [2.75, 3.05) is 34.3 Å². The Bertz CT molecular complexity index is 3270. The molecule has 3 aliphatic rings. The highest BCUT2D eigenvalue weighted by atomic mass is 16.5. The summed E-state index contributed by atoms with van der Waals surface area (Å²) in [4.78, 5) is 56.3. The molecule has 18 nitrogen and oxygen atoms in total. The van der Waals surface area contributed by atoms with Crippen LogP contribution in [0.3, 0.4) is 0 Å². The molecule has 3 amide bonds. The molecule has 0 radical (unpaired) electrons. The number of carbonyl (C=O) groups excluding carboxylic acids is 3. The molecule has 0 saturated carbocycles. The molecule has 12 rings (SSSR count). The van der Waals surface area contributed by atoms with Crippen LogP contribution in [0.5, 0.6) is 17.2 Å². The molecule has 6 aromatic heterocycles. The van der Waals surface area contributed by atoms with Gasteiger partial charge in [0.1, 0.15) is 71.2 Å². The van der Waals surface area contributed by atoms with Gasteiger partial charge in [0, 0.05) is 37.7 Å². The smallest absolute Gasteiger partial charge is 0.276 e. The highest BCUT2D eigenvalue weighted by Crippen LogP contribution is 2.26. The number of hydrogen-bond donors (Lipinski definition) is 0. The van der Waals surface area contributed by atoms with Gasteiger partial charge in [-0.15, -0.1) is 0 Å². The Morgan fingerprint density at radius 1 is 0.400 bits per heavy atom. The van der Waals surface area contributed by atoms with Gasteiger partial charge in [0.15, 0.2) is 0 Å². The molecule has 0 spiro atoms. The summed E-state index contributed by atoms with van der Waals surface area (Å²) in [5, 5.41) is 13.5. The largest absolute Gasteiger partial charge is 0.487 e. The van der Waals surface area contributed by atoms with Crippen molar-refractivity contribution in [1.82, 2.24) is 44.3 Å². The van der Waals surface area contributed by atoms with Crippen LogP contribution in [0.4, 0.5) is 17.1 Å². The van der Waals surface area contributed by atoms with Crippen molar-refractivity contribution in [1.29, 1.82) is 0 Å². The zero-order valence-electron chi connectivity index (χ0n) is 41.8. The summed E-state index contributed by atoms with van der Waals surface area (Å²) in [6.45, 7) is 10.6. The predicted molar refractivity (Wildman–Crippen MR) is 281 cm³/mol. The molecule has 3 aromatic carbocycles. The molecule has 0 fully saturated rings. The maximum atomic E-state index is 12.8. The lowest BCUT2D eigenvalue weighted by Crippen LogP contribution is -2.40. The summed E-state index contributed by atoms with van der Waals surface area (Å²) in [6.07, 6.45) is 8.73. The lowest BCUT2D eigenvalue weighted by atomic mass is 10.2. The van der Waals surface area contributed by atoms with E-state index in [9.17, 15) is 14.4 Å². The van der Waals surface area contributed by atoms with Crippen molar-refractivity contribution in [3.8, 4) is 17.2 Å². The Morgan fingerprint density at radius 2 is 0.760 bits per heavy atom. The minimum absolute atomic E-state index is 0.0582. The van der Waals surface area contributed by atoms with E-state index in [1.54, 1.807) is 77.9 Å². The zero-order chi connectivity index (χ0) is 51.7. The van der Waals surface area contributed by atoms with Crippen LogP contribution in [0.1, 0.15) is 65.4 Å². The normalized spacial score (nSPS) is 13.6. The van der Waals surface area contributed by atoms with Gasteiger partial charge in [-0.05, 0) is 111 Å². The van der Waals surface area contributed by atoms with Crippen LogP contribution in [-0.4, -0.2) is 81.6 Å². The van der Waals surface area contributed by atoms with Gasteiger partial charge in [-0.1, -0.05) is 54.6 Å². The molecular weight excluding hydrogens is 949 g/mol. The lowest BCUT2D eigenvalue weighted by molar-refractivity contribution is 0.0954. The zero-order valence-corrected chi connectivity index (χ0v) is 41.8. The number of ether oxygens (including phenoxy) is 3. The number of carbonyl (C=O) groups is 3. The fraction of sp³-hybridized carbons (Fsp3) is 0.211. The van der Waals surface area contributed by atoms with Crippen LogP contribution in [-0.2, 0) is 39.5 Å². The van der Waals surface area contributed by atoms with Crippen LogP contribution in [0.2, 0.25) is 0 Å². The Kier molecular flexibility index (Phi) is 14.8. The molecule has 9 heterocycles. The number of aromatic nitrogens is 9. The highest BCUT2D eigenvalue weighted by molar-refractivity contribution is 6.07. The third-order valence-corrected chi connectivity index (χ3v) is 12.4. The van der Waals surface area contributed by atoms with E-state index < -0.39 is 0 Å². The van der Waals surface area contributed by atoms with Crippen molar-refractivity contribution in [2.45, 2.75) is 60.2 Å². The van der Waals surface area contributed by atoms with E-state index in [0.717, 1.165) is 68.2 Å². The Hall–Kier alpha value is -9.45. The average molecular weight is 1000 g/mol. The first-order valence-electron chi connectivity index (χ1n) is 24.6. The summed E-state index contributed by atoms with van der Waals surface area (Å²) in [5.74, 6) is 2.18. The van der Waals surface area contributed by atoms with Crippen LogP contribution >= 0.6 is 0 Å². The van der Waals surface area contributed by atoms with Crippen molar-refractivity contribution in [3.05, 3.63) is 215 Å². The topological polar surface area (TPSA) is 181 Å². The fourth-order valence-corrected chi connectivity index (χ4v) is 8.71. The number of nitrogens with zero attached hydrogens (tertiary/aromatic N) is 12. The number of anilines is 3. The average Bonchev–Trinajstić information content (AvgIpc) is 4.19. The maximum Gasteiger partial charge on any atom is 0.276 e. The molecule has 0 saturated heterocycles. The number of hydrogen-bond acceptors (Lipinski definition) is 12. The minimum Gasteiger partial charge on any atom is -0.487 e. The van der Waals surface area contributed by atoms with Crippen molar-refractivity contribution in [3.63, 3.8) is 0 Å². The van der Waals surface area contributed by atoms with Gasteiger partial charge in [-0.3, -0.25) is 43.4 Å². The van der Waals surface area contributed by atoms with Gasteiger partial charge in [0.2, 0.25) is 0 Å². The van der Waals surface area contributed by atoms with Gasteiger partial charge < -0.3 is 28.9 Å².